The van der Waals surface area contributed by atoms with Gasteiger partial charge in [0.05, 0.1) is 18.5 Å². The van der Waals surface area contributed by atoms with E-state index in [-0.39, 0.29) is 12.2 Å². The maximum absolute atomic E-state index is 12.2. The Morgan fingerprint density at radius 3 is 2.87 bits per heavy atom. The molecule has 0 fully saturated rings. The van der Waals surface area contributed by atoms with E-state index in [1.807, 2.05) is 41.0 Å². The third-order valence-corrected chi connectivity index (χ3v) is 3.85. The van der Waals surface area contributed by atoms with Crippen LogP contribution in [0.15, 0.2) is 47.4 Å². The van der Waals surface area contributed by atoms with Crippen molar-refractivity contribution in [2.75, 3.05) is 18.5 Å². The van der Waals surface area contributed by atoms with Gasteiger partial charge in [-0.3, -0.25) is 9.36 Å². The van der Waals surface area contributed by atoms with E-state index in [9.17, 15) is 4.79 Å². The van der Waals surface area contributed by atoms with Gasteiger partial charge in [0.1, 0.15) is 5.39 Å². The normalized spacial score (nSPS) is 13.2. The van der Waals surface area contributed by atoms with Crippen molar-refractivity contribution in [2.24, 2.45) is 0 Å². The molecule has 116 valence electrons. The molecule has 0 atom stereocenters. The second-order valence-electron chi connectivity index (χ2n) is 5.25. The summed E-state index contributed by atoms with van der Waals surface area (Å²) in [4.78, 5) is 16.3. The van der Waals surface area contributed by atoms with Gasteiger partial charge in [-0.05, 0) is 11.6 Å². The third kappa shape index (κ3) is 2.13. The second-order valence-corrected chi connectivity index (χ2v) is 5.25. The molecule has 0 unspecified atom stereocenters. The summed E-state index contributed by atoms with van der Waals surface area (Å²) in [6.45, 7) is 0.882. The molecule has 3 heterocycles. The van der Waals surface area contributed by atoms with Crippen molar-refractivity contribution >= 4 is 22.7 Å². The Bertz CT molecular complexity index is 956. The number of nitrogens with zero attached hydrogens (tertiary/aromatic N) is 4. The number of anilines is 1. The molecule has 4 rings (SSSR count). The number of hydrogen-bond acceptors (Lipinski definition) is 5. The average molecular weight is 309 g/mol. The smallest absolute Gasteiger partial charge is 0.285 e. The van der Waals surface area contributed by atoms with Crippen molar-refractivity contribution in [1.29, 1.82) is 0 Å². The summed E-state index contributed by atoms with van der Waals surface area (Å²) in [6.07, 6.45) is 3.60. The number of rotatable bonds is 4. The van der Waals surface area contributed by atoms with Gasteiger partial charge in [0, 0.05) is 13.1 Å². The predicted molar refractivity (Wildman–Crippen MR) is 87.2 cm³/mol. The minimum atomic E-state index is -0.322. The summed E-state index contributed by atoms with van der Waals surface area (Å²) in [5.41, 5.74) is 2.38. The van der Waals surface area contributed by atoms with Gasteiger partial charge >= 0.3 is 0 Å². The molecule has 7 heteroatoms. The van der Waals surface area contributed by atoms with E-state index in [2.05, 4.69) is 15.4 Å². The number of benzene rings is 1. The molecule has 0 amide bonds. The predicted octanol–water partition coefficient (Wildman–Crippen LogP) is 0.900. The second kappa shape index (κ2) is 5.36. The number of aromatic nitrogens is 4. The fourth-order valence-electron chi connectivity index (χ4n) is 2.83. The van der Waals surface area contributed by atoms with Crippen LogP contribution in [0, 0.1) is 0 Å². The number of aliphatic hydroxyl groups excluding tert-OH is 1. The van der Waals surface area contributed by atoms with E-state index in [0.717, 1.165) is 11.3 Å². The van der Waals surface area contributed by atoms with Crippen LogP contribution in [0.3, 0.4) is 0 Å². The fraction of sp³-hybridized carbons (Fsp3) is 0.188. The zero-order valence-corrected chi connectivity index (χ0v) is 12.3. The van der Waals surface area contributed by atoms with E-state index in [1.165, 1.54) is 0 Å². The zero-order chi connectivity index (χ0) is 15.8. The lowest BCUT2D eigenvalue weighted by Gasteiger charge is -2.21. The van der Waals surface area contributed by atoms with Crippen LogP contribution in [0.5, 0.6) is 0 Å². The molecule has 1 aliphatic rings. The maximum Gasteiger partial charge on any atom is 0.285 e. The lowest BCUT2D eigenvalue weighted by Crippen LogP contribution is -2.23. The Kier molecular flexibility index (Phi) is 3.20. The highest BCUT2D eigenvalue weighted by atomic mass is 16.3. The molecular formula is C16H15N5O2. The molecule has 0 saturated heterocycles. The van der Waals surface area contributed by atoms with Gasteiger partial charge in [0.15, 0.2) is 5.65 Å². The minimum Gasteiger partial charge on any atom is -0.395 e. The monoisotopic (exact) mass is 309 g/mol. The lowest BCUT2D eigenvalue weighted by atomic mass is 10.1. The Morgan fingerprint density at radius 2 is 2.09 bits per heavy atom. The lowest BCUT2D eigenvalue weighted by molar-refractivity contribution is 0.310. The van der Waals surface area contributed by atoms with E-state index in [4.69, 9.17) is 5.11 Å². The van der Waals surface area contributed by atoms with Crippen molar-refractivity contribution in [2.45, 2.75) is 6.54 Å². The van der Waals surface area contributed by atoms with Crippen LogP contribution in [0.25, 0.3) is 16.7 Å². The van der Waals surface area contributed by atoms with Crippen LogP contribution in [0.1, 0.15) is 5.56 Å². The highest BCUT2D eigenvalue weighted by molar-refractivity contribution is 5.83. The van der Waals surface area contributed by atoms with Crippen molar-refractivity contribution in [3.05, 3.63) is 58.5 Å². The molecule has 1 aromatic carbocycles. The van der Waals surface area contributed by atoms with Gasteiger partial charge in [-0.1, -0.05) is 30.3 Å². The Labute approximate surface area is 131 Å². The first-order valence-electron chi connectivity index (χ1n) is 7.39. The number of allylic oxidation sites excluding steroid dienone is 1. The number of hydrogen-bond donors (Lipinski definition) is 2. The van der Waals surface area contributed by atoms with Crippen LogP contribution in [0.2, 0.25) is 0 Å². The molecule has 7 nitrogen and oxygen atoms in total. The molecule has 1 aliphatic heterocycles. The largest absolute Gasteiger partial charge is 0.395 e. The number of nitrogens with one attached hydrogen (secondary N) is 1. The molecule has 0 spiro atoms. The number of aliphatic hydroxyl groups is 1. The van der Waals surface area contributed by atoms with Crippen molar-refractivity contribution in [3.63, 3.8) is 0 Å². The molecule has 0 radical (unpaired) electrons. The van der Waals surface area contributed by atoms with E-state index in [1.54, 1.807) is 10.9 Å². The average Bonchev–Trinajstić information content (AvgIpc) is 3.04. The summed E-state index contributed by atoms with van der Waals surface area (Å²) in [5.74, 6) is 0.446. The van der Waals surface area contributed by atoms with Gasteiger partial charge in [0.25, 0.3) is 5.56 Å². The summed E-state index contributed by atoms with van der Waals surface area (Å²) < 4.78 is 3.66. The molecule has 2 N–H and O–H groups in total. The molecular weight excluding hydrogens is 294 g/mol. The van der Waals surface area contributed by atoms with Crippen molar-refractivity contribution in [3.8, 4) is 0 Å². The first kappa shape index (κ1) is 13.7. The quantitative estimate of drug-likeness (QED) is 0.748. The summed E-state index contributed by atoms with van der Waals surface area (Å²) in [5, 5.41) is 16.8. The van der Waals surface area contributed by atoms with E-state index < -0.39 is 0 Å². The van der Waals surface area contributed by atoms with Crippen LogP contribution in [0.4, 0.5) is 5.95 Å². The van der Waals surface area contributed by atoms with Gasteiger partial charge in [0.2, 0.25) is 5.95 Å². The highest BCUT2D eigenvalue weighted by Crippen LogP contribution is 2.26. The first-order chi connectivity index (χ1) is 11.3. The van der Waals surface area contributed by atoms with Crippen LogP contribution in [-0.4, -0.2) is 37.6 Å². The maximum atomic E-state index is 12.2. The highest BCUT2D eigenvalue weighted by Gasteiger charge is 2.21. The van der Waals surface area contributed by atoms with Crippen molar-refractivity contribution in [1.82, 2.24) is 19.3 Å². The molecule has 0 bridgehead atoms. The van der Waals surface area contributed by atoms with Crippen LogP contribution in [-0.2, 0) is 6.54 Å². The summed E-state index contributed by atoms with van der Waals surface area (Å²) >= 11 is 0. The fourth-order valence-corrected chi connectivity index (χ4v) is 2.83. The van der Waals surface area contributed by atoms with Crippen LogP contribution < -0.4 is 10.9 Å². The SMILES string of the molecule is O=c1nc(NCCO)n2c3c1cnn3C(c1ccccc1)=CC2. The minimum absolute atomic E-state index is 0.0295. The van der Waals surface area contributed by atoms with Gasteiger partial charge in [-0.15, -0.1) is 0 Å². The Morgan fingerprint density at radius 1 is 1.26 bits per heavy atom. The Balaban J connectivity index is 1.92. The summed E-state index contributed by atoms with van der Waals surface area (Å²) in [7, 11) is 0. The summed E-state index contributed by atoms with van der Waals surface area (Å²) in [6, 6.07) is 9.93. The molecule has 0 saturated carbocycles. The first-order valence-corrected chi connectivity index (χ1v) is 7.39. The third-order valence-electron chi connectivity index (χ3n) is 3.85. The van der Waals surface area contributed by atoms with E-state index in [0.29, 0.717) is 30.1 Å². The van der Waals surface area contributed by atoms with Gasteiger partial charge < -0.3 is 10.4 Å². The molecule has 0 aliphatic carbocycles. The standard InChI is InChI=1S/C16H15N5O2/c22-9-7-17-16-19-14(23)12-10-18-21-13(6-8-20(16)15(12)21)11-4-2-1-3-5-11/h1-6,10,22H,7-9H2,(H,17,19,23). The van der Waals surface area contributed by atoms with Gasteiger partial charge in [-0.25, -0.2) is 4.68 Å². The molecule has 2 aromatic heterocycles. The molecule has 23 heavy (non-hydrogen) atoms. The topological polar surface area (TPSA) is 85.0 Å². The zero-order valence-electron chi connectivity index (χ0n) is 12.3. The van der Waals surface area contributed by atoms with Crippen molar-refractivity contribution < 1.29 is 5.11 Å². The Hall–Kier alpha value is -2.93. The van der Waals surface area contributed by atoms with E-state index >= 15 is 0 Å². The molecule has 3 aromatic rings. The van der Waals surface area contributed by atoms with Gasteiger partial charge in [-0.2, -0.15) is 10.1 Å². The van der Waals surface area contributed by atoms with Crippen LogP contribution >= 0.6 is 0 Å².